The molecule has 1 saturated heterocycles. The highest BCUT2D eigenvalue weighted by Gasteiger charge is 2.36. The smallest absolute Gasteiger partial charge is 0.410 e. The van der Waals surface area contributed by atoms with Crippen molar-refractivity contribution in [3.05, 3.63) is 12.7 Å². The summed E-state index contributed by atoms with van der Waals surface area (Å²) in [5.74, 6) is 2.85. The van der Waals surface area contributed by atoms with Crippen LogP contribution in [0.4, 0.5) is 4.79 Å². The van der Waals surface area contributed by atoms with E-state index < -0.39 is 0 Å². The van der Waals surface area contributed by atoms with E-state index in [1.807, 2.05) is 14.1 Å². The lowest BCUT2D eigenvalue weighted by Crippen LogP contribution is -2.53. The Balaban J connectivity index is 2.53. The normalized spacial score (nSPS) is 18.6. The second-order valence-electron chi connectivity index (χ2n) is 4.42. The summed E-state index contributed by atoms with van der Waals surface area (Å²) in [6.07, 6.45) is 8.44. The molecular formula is C13H20N2O2. The quantitative estimate of drug-likeness (QED) is 0.547. The molecule has 0 aromatic carbocycles. The third kappa shape index (κ3) is 3.01. The molecule has 1 aliphatic rings. The van der Waals surface area contributed by atoms with E-state index in [1.165, 1.54) is 0 Å². The Kier molecular flexibility index (Phi) is 4.59. The maximum Gasteiger partial charge on any atom is 0.410 e. The average molecular weight is 236 g/mol. The van der Waals surface area contributed by atoms with Crippen molar-refractivity contribution in [1.29, 1.82) is 0 Å². The van der Waals surface area contributed by atoms with Crippen molar-refractivity contribution in [2.45, 2.75) is 18.4 Å². The van der Waals surface area contributed by atoms with Crippen LogP contribution in [0.15, 0.2) is 12.7 Å². The third-order valence-electron chi connectivity index (χ3n) is 3.30. The molecule has 1 aliphatic heterocycles. The lowest BCUT2D eigenvalue weighted by molar-refractivity contribution is 0.0717. The van der Waals surface area contributed by atoms with Gasteiger partial charge >= 0.3 is 6.09 Å². The highest BCUT2D eigenvalue weighted by atomic mass is 16.6. The fourth-order valence-corrected chi connectivity index (χ4v) is 2.00. The molecule has 4 nitrogen and oxygen atoms in total. The first-order chi connectivity index (χ1) is 8.05. The summed E-state index contributed by atoms with van der Waals surface area (Å²) in [6.45, 7) is 5.04. The summed E-state index contributed by atoms with van der Waals surface area (Å²) < 4.78 is 5.00. The van der Waals surface area contributed by atoms with Crippen LogP contribution in [0.3, 0.4) is 0 Å². The molecule has 0 spiro atoms. The highest BCUT2D eigenvalue weighted by Crippen LogP contribution is 2.26. The Hall–Kier alpha value is -1.47. The Morgan fingerprint density at radius 3 is 2.59 bits per heavy atom. The molecule has 0 aliphatic carbocycles. The molecule has 94 valence electrons. The van der Waals surface area contributed by atoms with Crippen LogP contribution in [0.2, 0.25) is 0 Å². The summed E-state index contributed by atoms with van der Waals surface area (Å²) in [5.41, 5.74) is -0.227. The first-order valence-corrected chi connectivity index (χ1v) is 5.73. The van der Waals surface area contributed by atoms with E-state index in [2.05, 4.69) is 17.4 Å². The van der Waals surface area contributed by atoms with E-state index in [1.54, 1.807) is 11.0 Å². The van der Waals surface area contributed by atoms with E-state index in [9.17, 15) is 4.79 Å². The third-order valence-corrected chi connectivity index (χ3v) is 3.30. The van der Waals surface area contributed by atoms with Crippen molar-refractivity contribution in [1.82, 2.24) is 9.80 Å². The molecule has 0 aromatic heterocycles. The second kappa shape index (κ2) is 5.74. The zero-order chi connectivity index (χ0) is 12.9. The SMILES string of the molecule is C#CC1(N(C)C)CCN(C(=O)OCC=C)CC1. The number of hydrogen-bond acceptors (Lipinski definition) is 3. The van der Waals surface area contributed by atoms with Crippen LogP contribution < -0.4 is 0 Å². The second-order valence-corrected chi connectivity index (χ2v) is 4.42. The highest BCUT2D eigenvalue weighted by molar-refractivity contribution is 5.67. The van der Waals surface area contributed by atoms with Crippen LogP contribution in [0.25, 0.3) is 0 Å². The number of carbonyl (C=O) groups is 1. The van der Waals surface area contributed by atoms with E-state index in [0.717, 1.165) is 12.8 Å². The lowest BCUT2D eigenvalue weighted by atomic mass is 9.87. The molecule has 17 heavy (non-hydrogen) atoms. The van der Waals surface area contributed by atoms with Crippen LogP contribution >= 0.6 is 0 Å². The van der Waals surface area contributed by atoms with Gasteiger partial charge in [0, 0.05) is 13.1 Å². The Morgan fingerprint density at radius 1 is 1.59 bits per heavy atom. The molecule has 4 heteroatoms. The number of ether oxygens (including phenoxy) is 1. The lowest BCUT2D eigenvalue weighted by Gasteiger charge is -2.42. The molecule has 0 atom stereocenters. The number of rotatable bonds is 3. The molecule has 0 unspecified atom stereocenters. The molecule has 0 radical (unpaired) electrons. The van der Waals surface area contributed by atoms with Crippen molar-refractivity contribution in [2.24, 2.45) is 0 Å². The number of likely N-dealkylation sites (tertiary alicyclic amines) is 1. The molecule has 1 amide bonds. The van der Waals surface area contributed by atoms with E-state index in [0.29, 0.717) is 13.1 Å². The van der Waals surface area contributed by atoms with E-state index in [-0.39, 0.29) is 18.2 Å². The molecular weight excluding hydrogens is 216 g/mol. The summed E-state index contributed by atoms with van der Waals surface area (Å²) in [7, 11) is 3.96. The Labute approximate surface area is 103 Å². The number of carbonyl (C=O) groups excluding carboxylic acids is 1. The van der Waals surface area contributed by atoms with Gasteiger partial charge in [0.25, 0.3) is 0 Å². The predicted octanol–water partition coefficient (Wildman–Crippen LogP) is 1.34. The molecule has 0 N–H and O–H groups in total. The zero-order valence-corrected chi connectivity index (χ0v) is 10.6. The maximum absolute atomic E-state index is 11.6. The van der Waals surface area contributed by atoms with Gasteiger partial charge in [-0.1, -0.05) is 18.6 Å². The van der Waals surface area contributed by atoms with Gasteiger partial charge in [-0.3, -0.25) is 4.90 Å². The number of nitrogens with zero attached hydrogens (tertiary/aromatic N) is 2. The molecule has 1 heterocycles. The minimum Gasteiger partial charge on any atom is -0.445 e. The van der Waals surface area contributed by atoms with Gasteiger partial charge in [0.15, 0.2) is 0 Å². The number of hydrogen-bond donors (Lipinski definition) is 0. The minimum absolute atomic E-state index is 0.227. The van der Waals surface area contributed by atoms with Gasteiger partial charge < -0.3 is 9.64 Å². The van der Waals surface area contributed by atoms with Gasteiger partial charge in [-0.2, -0.15) is 0 Å². The van der Waals surface area contributed by atoms with Gasteiger partial charge in [-0.05, 0) is 26.9 Å². The summed E-state index contributed by atoms with van der Waals surface area (Å²) in [6, 6.07) is 0. The van der Waals surface area contributed by atoms with Crippen LogP contribution in [-0.2, 0) is 4.74 Å². The van der Waals surface area contributed by atoms with E-state index >= 15 is 0 Å². The molecule has 0 bridgehead atoms. The van der Waals surface area contributed by atoms with E-state index in [4.69, 9.17) is 11.2 Å². The van der Waals surface area contributed by atoms with Crippen LogP contribution in [0.1, 0.15) is 12.8 Å². The standard InChI is InChI=1S/C13H20N2O2/c1-5-11-17-12(16)15-9-7-13(6-2,8-10-15)14(3)4/h2,5H,1,7-11H2,3-4H3. The molecule has 0 aromatic rings. The average Bonchev–Trinajstić information content (AvgIpc) is 2.35. The van der Waals surface area contributed by atoms with Crippen molar-refractivity contribution in [3.8, 4) is 12.3 Å². The zero-order valence-electron chi connectivity index (χ0n) is 10.6. The van der Waals surface area contributed by atoms with Gasteiger partial charge in [-0.15, -0.1) is 6.42 Å². The maximum atomic E-state index is 11.6. The number of piperidine rings is 1. The minimum atomic E-state index is -0.283. The number of amides is 1. The monoisotopic (exact) mass is 236 g/mol. The fourth-order valence-electron chi connectivity index (χ4n) is 2.00. The van der Waals surface area contributed by atoms with Crippen molar-refractivity contribution in [2.75, 3.05) is 33.8 Å². The molecule has 1 rings (SSSR count). The van der Waals surface area contributed by atoms with Gasteiger partial charge in [-0.25, -0.2) is 4.79 Å². The summed E-state index contributed by atoms with van der Waals surface area (Å²) >= 11 is 0. The van der Waals surface area contributed by atoms with Gasteiger partial charge in [0.2, 0.25) is 0 Å². The first-order valence-electron chi connectivity index (χ1n) is 5.73. The summed E-state index contributed by atoms with van der Waals surface area (Å²) in [4.78, 5) is 15.4. The molecule has 0 saturated carbocycles. The van der Waals surface area contributed by atoms with Gasteiger partial charge in [0.05, 0.1) is 5.54 Å². The van der Waals surface area contributed by atoms with Crippen molar-refractivity contribution < 1.29 is 9.53 Å². The van der Waals surface area contributed by atoms with Crippen molar-refractivity contribution >= 4 is 6.09 Å². The first kappa shape index (κ1) is 13.6. The Bertz CT molecular complexity index is 323. The topological polar surface area (TPSA) is 32.8 Å². The van der Waals surface area contributed by atoms with Crippen molar-refractivity contribution in [3.63, 3.8) is 0 Å². The fraction of sp³-hybridized carbons (Fsp3) is 0.615. The number of terminal acetylenes is 1. The van der Waals surface area contributed by atoms with Crippen LogP contribution in [0, 0.1) is 12.3 Å². The Morgan fingerprint density at radius 2 is 2.18 bits per heavy atom. The van der Waals surface area contributed by atoms with Crippen LogP contribution in [0.5, 0.6) is 0 Å². The van der Waals surface area contributed by atoms with Gasteiger partial charge in [0.1, 0.15) is 6.61 Å². The largest absolute Gasteiger partial charge is 0.445 e. The van der Waals surface area contributed by atoms with Crippen LogP contribution in [-0.4, -0.2) is 55.2 Å². The summed E-state index contributed by atoms with van der Waals surface area (Å²) in [5, 5.41) is 0. The molecule has 1 fully saturated rings. The predicted molar refractivity (Wildman–Crippen MR) is 67.6 cm³/mol.